The first kappa shape index (κ1) is 17.4. The Kier molecular flexibility index (Phi) is 4.45. The second kappa shape index (κ2) is 6.92. The molecule has 1 aliphatic rings. The zero-order valence-corrected chi connectivity index (χ0v) is 15.3. The fourth-order valence-electron chi connectivity index (χ4n) is 3.06. The monoisotopic (exact) mass is 384 g/mol. The average molecular weight is 385 g/mol. The molecular weight excluding hydrogens is 368 g/mol. The second-order valence-electron chi connectivity index (χ2n) is 6.27. The molecule has 1 N–H and O–H groups in total. The van der Waals surface area contributed by atoms with Gasteiger partial charge in [-0.1, -0.05) is 23.7 Å². The molecule has 1 aromatic carbocycles. The van der Waals surface area contributed by atoms with Crippen LogP contribution in [-0.2, 0) is 16.1 Å². The highest BCUT2D eigenvalue weighted by Gasteiger charge is 2.32. The number of hydrogen-bond acceptors (Lipinski definition) is 4. The van der Waals surface area contributed by atoms with E-state index >= 15 is 0 Å². The highest BCUT2D eigenvalue weighted by molar-refractivity contribution is 6.30. The zero-order valence-electron chi connectivity index (χ0n) is 14.6. The van der Waals surface area contributed by atoms with Crippen molar-refractivity contribution in [2.75, 3.05) is 11.4 Å². The second-order valence-corrected chi connectivity index (χ2v) is 6.70. The molecule has 0 fully saturated rings. The van der Waals surface area contributed by atoms with E-state index < -0.39 is 6.10 Å². The van der Waals surface area contributed by atoms with Gasteiger partial charge < -0.3 is 19.4 Å². The number of benzene rings is 1. The van der Waals surface area contributed by atoms with E-state index in [9.17, 15) is 9.59 Å². The number of carbonyl (C=O) groups is 2. The molecule has 0 saturated heterocycles. The van der Waals surface area contributed by atoms with Crippen LogP contribution in [-0.4, -0.2) is 33.8 Å². The molecule has 1 aliphatic heterocycles. The summed E-state index contributed by atoms with van der Waals surface area (Å²) in [5.41, 5.74) is 2.12. The minimum Gasteiger partial charge on any atom is -0.477 e. The minimum absolute atomic E-state index is 0.138. The Bertz CT molecular complexity index is 1030. The lowest BCUT2D eigenvalue weighted by atomic mass is 10.1. The summed E-state index contributed by atoms with van der Waals surface area (Å²) in [7, 11) is 0. The summed E-state index contributed by atoms with van der Waals surface area (Å²) in [5.74, 6) is 0.0769. The standard InChI is InChI=1S/C19H17ClN4O3/c1-12(25)24-11-17(27-16-5-3-2-4-15(16)24)19(26)21-8-14-10-23-9-13(20)6-7-18(23)22-14/h2-7,9-10,17H,8,11H2,1H3,(H,21,26)/t17-/m0/s1. The average Bonchev–Trinajstić information content (AvgIpc) is 3.07. The molecule has 2 aromatic heterocycles. The number of halogens is 1. The van der Waals surface area contributed by atoms with Crippen molar-refractivity contribution < 1.29 is 14.3 Å². The van der Waals surface area contributed by atoms with Crippen molar-refractivity contribution in [3.05, 3.63) is 59.5 Å². The molecular formula is C19H17ClN4O3. The molecule has 0 saturated carbocycles. The van der Waals surface area contributed by atoms with E-state index in [2.05, 4.69) is 10.3 Å². The molecule has 4 rings (SSSR count). The molecule has 0 aliphatic carbocycles. The van der Waals surface area contributed by atoms with Crippen LogP contribution in [0.25, 0.3) is 5.65 Å². The number of pyridine rings is 1. The van der Waals surface area contributed by atoms with Crippen molar-refractivity contribution in [1.29, 1.82) is 0 Å². The predicted octanol–water partition coefficient (Wildman–Crippen LogP) is 2.42. The largest absolute Gasteiger partial charge is 0.477 e. The topological polar surface area (TPSA) is 75.9 Å². The molecule has 0 radical (unpaired) electrons. The number of nitrogens with zero attached hydrogens (tertiary/aromatic N) is 3. The van der Waals surface area contributed by atoms with E-state index in [0.717, 1.165) is 5.65 Å². The van der Waals surface area contributed by atoms with Crippen LogP contribution >= 0.6 is 11.6 Å². The van der Waals surface area contributed by atoms with Crippen molar-refractivity contribution in [2.24, 2.45) is 0 Å². The van der Waals surface area contributed by atoms with Crippen LogP contribution in [0.15, 0.2) is 48.8 Å². The van der Waals surface area contributed by atoms with Crippen LogP contribution in [0.3, 0.4) is 0 Å². The summed E-state index contributed by atoms with van der Waals surface area (Å²) in [6, 6.07) is 10.7. The summed E-state index contributed by atoms with van der Waals surface area (Å²) in [6.45, 7) is 1.89. The van der Waals surface area contributed by atoms with E-state index in [1.807, 2.05) is 6.07 Å². The number of para-hydroxylation sites is 2. The molecule has 1 atom stereocenters. The number of rotatable bonds is 3. The van der Waals surface area contributed by atoms with Gasteiger partial charge in [-0.2, -0.15) is 0 Å². The SMILES string of the molecule is CC(=O)N1C[C@@H](C(=O)NCc2cn3cc(Cl)ccc3n2)Oc2ccccc21. The normalized spacial score (nSPS) is 15.9. The number of imidazole rings is 1. The molecule has 0 bridgehead atoms. The Balaban J connectivity index is 1.47. The first-order valence-corrected chi connectivity index (χ1v) is 8.84. The van der Waals surface area contributed by atoms with Gasteiger partial charge in [-0.15, -0.1) is 0 Å². The maximum absolute atomic E-state index is 12.6. The number of hydrogen-bond donors (Lipinski definition) is 1. The van der Waals surface area contributed by atoms with Gasteiger partial charge in [-0.05, 0) is 24.3 Å². The summed E-state index contributed by atoms with van der Waals surface area (Å²) in [6.07, 6.45) is 2.77. The van der Waals surface area contributed by atoms with E-state index in [1.165, 1.54) is 6.92 Å². The Labute approximate surface area is 160 Å². The van der Waals surface area contributed by atoms with Crippen LogP contribution in [0.2, 0.25) is 5.02 Å². The van der Waals surface area contributed by atoms with E-state index in [-0.39, 0.29) is 24.9 Å². The fraction of sp³-hybridized carbons (Fsp3) is 0.211. The third kappa shape index (κ3) is 3.46. The molecule has 0 spiro atoms. The van der Waals surface area contributed by atoms with Crippen LogP contribution in [0.1, 0.15) is 12.6 Å². The van der Waals surface area contributed by atoms with Crippen LogP contribution in [0.5, 0.6) is 5.75 Å². The van der Waals surface area contributed by atoms with Crippen molar-refractivity contribution in [3.63, 3.8) is 0 Å². The van der Waals surface area contributed by atoms with Gasteiger partial charge in [0.1, 0.15) is 11.4 Å². The Morgan fingerprint density at radius 1 is 1.26 bits per heavy atom. The minimum atomic E-state index is -0.782. The van der Waals surface area contributed by atoms with Crippen molar-refractivity contribution in [1.82, 2.24) is 14.7 Å². The number of amides is 2. The van der Waals surface area contributed by atoms with Gasteiger partial charge in [0, 0.05) is 19.3 Å². The van der Waals surface area contributed by atoms with E-state index in [1.54, 1.807) is 52.0 Å². The lowest BCUT2D eigenvalue weighted by Gasteiger charge is -2.33. The smallest absolute Gasteiger partial charge is 0.263 e. The molecule has 8 heteroatoms. The summed E-state index contributed by atoms with van der Waals surface area (Å²) < 4.78 is 7.59. The Morgan fingerprint density at radius 3 is 2.89 bits per heavy atom. The number of ether oxygens (including phenoxy) is 1. The van der Waals surface area contributed by atoms with Crippen molar-refractivity contribution in [2.45, 2.75) is 19.6 Å². The van der Waals surface area contributed by atoms with Crippen LogP contribution in [0.4, 0.5) is 5.69 Å². The Morgan fingerprint density at radius 2 is 2.07 bits per heavy atom. The summed E-state index contributed by atoms with van der Waals surface area (Å²) >= 11 is 5.97. The first-order valence-electron chi connectivity index (χ1n) is 8.46. The Hall–Kier alpha value is -3.06. The van der Waals surface area contributed by atoms with Crippen LogP contribution in [0, 0.1) is 0 Å². The molecule has 7 nitrogen and oxygen atoms in total. The van der Waals surface area contributed by atoms with Gasteiger partial charge in [0.25, 0.3) is 5.91 Å². The number of fused-ring (bicyclic) bond motifs is 2. The van der Waals surface area contributed by atoms with Gasteiger partial charge >= 0.3 is 0 Å². The molecule has 0 unspecified atom stereocenters. The van der Waals surface area contributed by atoms with Crippen molar-refractivity contribution in [3.8, 4) is 5.75 Å². The zero-order chi connectivity index (χ0) is 19.0. The predicted molar refractivity (Wildman–Crippen MR) is 101 cm³/mol. The molecule has 2 amide bonds. The quantitative estimate of drug-likeness (QED) is 0.752. The molecule has 138 valence electrons. The van der Waals surface area contributed by atoms with E-state index in [0.29, 0.717) is 22.2 Å². The summed E-state index contributed by atoms with van der Waals surface area (Å²) in [5, 5.41) is 3.43. The van der Waals surface area contributed by atoms with Gasteiger partial charge in [0.2, 0.25) is 5.91 Å². The maximum Gasteiger partial charge on any atom is 0.263 e. The molecule has 3 heterocycles. The third-order valence-electron chi connectivity index (χ3n) is 4.35. The van der Waals surface area contributed by atoms with Gasteiger partial charge in [-0.25, -0.2) is 4.98 Å². The number of aromatic nitrogens is 2. The number of carbonyl (C=O) groups excluding carboxylic acids is 2. The van der Waals surface area contributed by atoms with Gasteiger partial charge in [0.05, 0.1) is 29.5 Å². The van der Waals surface area contributed by atoms with Crippen molar-refractivity contribution >= 4 is 34.7 Å². The molecule has 27 heavy (non-hydrogen) atoms. The van der Waals surface area contributed by atoms with Gasteiger partial charge in [-0.3, -0.25) is 9.59 Å². The summed E-state index contributed by atoms with van der Waals surface area (Å²) in [4.78, 5) is 30.5. The number of anilines is 1. The highest BCUT2D eigenvalue weighted by Crippen LogP contribution is 2.33. The lowest BCUT2D eigenvalue weighted by molar-refractivity contribution is -0.128. The van der Waals surface area contributed by atoms with Gasteiger partial charge in [0.15, 0.2) is 6.10 Å². The third-order valence-corrected chi connectivity index (χ3v) is 4.58. The molecule has 3 aromatic rings. The van der Waals surface area contributed by atoms with E-state index in [4.69, 9.17) is 16.3 Å². The first-order chi connectivity index (χ1) is 13.0. The highest BCUT2D eigenvalue weighted by atomic mass is 35.5. The van der Waals surface area contributed by atoms with Crippen LogP contribution < -0.4 is 15.0 Å². The number of nitrogens with one attached hydrogen (secondary N) is 1. The fourth-order valence-corrected chi connectivity index (χ4v) is 3.23. The lowest BCUT2D eigenvalue weighted by Crippen LogP contribution is -2.50. The maximum atomic E-state index is 12.6.